The zero-order valence-electron chi connectivity index (χ0n) is 22.7. The minimum Gasteiger partial charge on any atom is -0.481 e. The number of allylic oxidation sites excluding steroid dienone is 2. The quantitative estimate of drug-likeness (QED) is 0.409. The second-order valence-electron chi connectivity index (χ2n) is 14.5. The summed E-state index contributed by atoms with van der Waals surface area (Å²) in [6.07, 6.45) is 7.51. The van der Waals surface area contributed by atoms with Crippen molar-refractivity contribution in [2.45, 2.75) is 105 Å². The Labute approximate surface area is 211 Å². The predicted octanol–water partition coefficient (Wildman–Crippen LogP) is 5.03. The van der Waals surface area contributed by atoms with Crippen molar-refractivity contribution in [2.75, 3.05) is 6.61 Å². The van der Waals surface area contributed by atoms with Gasteiger partial charge in [0.05, 0.1) is 24.2 Å². The van der Waals surface area contributed by atoms with Gasteiger partial charge in [0.15, 0.2) is 0 Å². The SMILES string of the molecule is C[C@H]1[C@H](C)CC[C@]2(C(=O)O)CC[C@]3(C)C(=CC[C@@H]4[C@@]5(C)CC(O)[C@H](O)C(C)(CO)C5CC[C@]43C)[C@H]12. The van der Waals surface area contributed by atoms with E-state index in [1.54, 1.807) is 0 Å². The van der Waals surface area contributed by atoms with Crippen molar-refractivity contribution >= 4 is 5.97 Å². The lowest BCUT2D eigenvalue weighted by Crippen LogP contribution is -2.68. The van der Waals surface area contributed by atoms with Crippen molar-refractivity contribution in [1.82, 2.24) is 0 Å². The lowest BCUT2D eigenvalue weighted by atomic mass is 9.33. The Morgan fingerprint density at radius 2 is 1.69 bits per heavy atom. The molecule has 0 bridgehead atoms. The summed E-state index contributed by atoms with van der Waals surface area (Å²) in [7, 11) is 0. The van der Waals surface area contributed by atoms with Crippen molar-refractivity contribution in [3.63, 3.8) is 0 Å². The normalized spacial score (nSPS) is 57.7. The highest BCUT2D eigenvalue weighted by molar-refractivity contribution is 5.76. The first-order chi connectivity index (χ1) is 16.2. The topological polar surface area (TPSA) is 98.0 Å². The number of aliphatic hydroxyl groups is 3. The zero-order valence-corrected chi connectivity index (χ0v) is 22.7. The van der Waals surface area contributed by atoms with Gasteiger partial charge in [-0.2, -0.15) is 0 Å². The molecule has 4 N–H and O–H groups in total. The molecule has 0 aromatic heterocycles. The minimum absolute atomic E-state index is 0.00815. The van der Waals surface area contributed by atoms with E-state index in [4.69, 9.17) is 0 Å². The smallest absolute Gasteiger partial charge is 0.310 e. The maximum absolute atomic E-state index is 12.8. The van der Waals surface area contributed by atoms with E-state index in [-0.39, 0.29) is 34.7 Å². The summed E-state index contributed by atoms with van der Waals surface area (Å²) in [5, 5.41) is 42.9. The first kappa shape index (κ1) is 25.7. The summed E-state index contributed by atoms with van der Waals surface area (Å²) in [4.78, 5) is 12.8. The van der Waals surface area contributed by atoms with Gasteiger partial charge < -0.3 is 20.4 Å². The van der Waals surface area contributed by atoms with Crippen LogP contribution in [0.4, 0.5) is 0 Å². The van der Waals surface area contributed by atoms with Crippen LogP contribution in [0.1, 0.15) is 92.9 Å². The molecule has 5 heteroatoms. The van der Waals surface area contributed by atoms with E-state index in [9.17, 15) is 25.2 Å². The van der Waals surface area contributed by atoms with Gasteiger partial charge in [0.1, 0.15) is 0 Å². The van der Waals surface area contributed by atoms with E-state index in [1.807, 2.05) is 6.92 Å². The molecule has 0 amide bonds. The third kappa shape index (κ3) is 2.95. The van der Waals surface area contributed by atoms with Crippen LogP contribution in [-0.2, 0) is 4.79 Å². The standard InChI is InChI=1S/C30H48O5/c1-17-9-12-30(25(34)35)14-13-28(5)19(23(30)18(17)2)7-8-22-26(3)15-20(32)24(33)27(4,16-31)21(26)10-11-29(22,28)6/h7,17-18,20-24,31-33H,8-16H2,1-6H3,(H,34,35)/t17-,18+,20?,21?,22-,23+,24+,26+,27?,28-,29-,30+/m1/s1. The number of hydrogen-bond donors (Lipinski definition) is 4. The van der Waals surface area contributed by atoms with Crippen LogP contribution in [0.15, 0.2) is 11.6 Å². The maximum atomic E-state index is 12.8. The molecule has 4 saturated carbocycles. The van der Waals surface area contributed by atoms with Crippen LogP contribution in [-0.4, -0.2) is 45.2 Å². The molecule has 0 saturated heterocycles. The van der Waals surface area contributed by atoms with Gasteiger partial charge in [-0.1, -0.05) is 53.2 Å². The molecule has 0 heterocycles. The van der Waals surface area contributed by atoms with Crippen LogP contribution >= 0.6 is 0 Å². The van der Waals surface area contributed by atoms with Gasteiger partial charge in [-0.25, -0.2) is 0 Å². The lowest BCUT2D eigenvalue weighted by Gasteiger charge is -2.71. The number of aliphatic carboxylic acids is 1. The molecule has 0 spiro atoms. The first-order valence-electron chi connectivity index (χ1n) is 14.1. The van der Waals surface area contributed by atoms with Crippen LogP contribution < -0.4 is 0 Å². The van der Waals surface area contributed by atoms with Crippen molar-refractivity contribution in [1.29, 1.82) is 0 Å². The van der Waals surface area contributed by atoms with Crippen LogP contribution in [0.25, 0.3) is 0 Å². The molecule has 0 aromatic carbocycles. The highest BCUT2D eigenvalue weighted by Gasteiger charge is 2.70. The zero-order chi connectivity index (χ0) is 25.8. The highest BCUT2D eigenvalue weighted by atomic mass is 16.4. The molecule has 12 atom stereocenters. The average molecular weight is 489 g/mol. The number of carboxylic acids is 1. The van der Waals surface area contributed by atoms with Gasteiger partial charge in [-0.05, 0) is 97.2 Å². The number of carboxylic acid groups (broad SMARTS) is 1. The molecule has 0 aromatic rings. The second kappa shape index (κ2) is 7.80. The Morgan fingerprint density at radius 1 is 1.00 bits per heavy atom. The van der Waals surface area contributed by atoms with Crippen molar-refractivity contribution in [3.8, 4) is 0 Å². The fourth-order valence-corrected chi connectivity index (χ4v) is 11.0. The number of aliphatic hydroxyl groups excluding tert-OH is 3. The summed E-state index contributed by atoms with van der Waals surface area (Å²) in [5.41, 5.74) is -0.214. The Kier molecular flexibility index (Phi) is 5.73. The monoisotopic (exact) mass is 488 g/mol. The van der Waals surface area contributed by atoms with Crippen LogP contribution in [0.3, 0.4) is 0 Å². The molecule has 0 aliphatic heterocycles. The lowest BCUT2D eigenvalue weighted by molar-refractivity contribution is -0.244. The Balaban J connectivity index is 1.62. The van der Waals surface area contributed by atoms with E-state index in [2.05, 4.69) is 40.7 Å². The van der Waals surface area contributed by atoms with E-state index in [0.717, 1.165) is 44.9 Å². The fourth-order valence-electron chi connectivity index (χ4n) is 11.0. The molecule has 5 aliphatic carbocycles. The summed E-state index contributed by atoms with van der Waals surface area (Å²) >= 11 is 0. The van der Waals surface area contributed by atoms with Gasteiger partial charge in [0.2, 0.25) is 0 Å². The molecule has 198 valence electrons. The minimum atomic E-state index is -0.907. The molecular weight excluding hydrogens is 440 g/mol. The second-order valence-corrected chi connectivity index (χ2v) is 14.5. The van der Waals surface area contributed by atoms with Gasteiger partial charge >= 0.3 is 5.97 Å². The van der Waals surface area contributed by atoms with Crippen LogP contribution in [0.5, 0.6) is 0 Å². The molecular formula is C30H48O5. The van der Waals surface area contributed by atoms with Crippen molar-refractivity contribution in [3.05, 3.63) is 11.6 Å². The van der Waals surface area contributed by atoms with Crippen LogP contribution in [0, 0.1) is 56.7 Å². The van der Waals surface area contributed by atoms with Crippen LogP contribution in [0.2, 0.25) is 0 Å². The van der Waals surface area contributed by atoms with Gasteiger partial charge in [0, 0.05) is 5.41 Å². The molecule has 5 rings (SSSR count). The van der Waals surface area contributed by atoms with Crippen molar-refractivity contribution in [2.24, 2.45) is 56.7 Å². The Bertz CT molecular complexity index is 930. The molecule has 5 nitrogen and oxygen atoms in total. The van der Waals surface area contributed by atoms with E-state index in [0.29, 0.717) is 24.2 Å². The third-order valence-corrected chi connectivity index (χ3v) is 13.5. The number of hydrogen-bond acceptors (Lipinski definition) is 4. The molecule has 4 fully saturated rings. The summed E-state index contributed by atoms with van der Waals surface area (Å²) in [5.74, 6) is 0.828. The van der Waals surface area contributed by atoms with Gasteiger partial charge in [-0.3, -0.25) is 4.79 Å². The molecule has 5 aliphatic rings. The van der Waals surface area contributed by atoms with E-state index < -0.39 is 29.0 Å². The van der Waals surface area contributed by atoms with E-state index in [1.165, 1.54) is 5.57 Å². The molecule has 35 heavy (non-hydrogen) atoms. The third-order valence-electron chi connectivity index (χ3n) is 13.5. The number of rotatable bonds is 2. The average Bonchev–Trinajstić information content (AvgIpc) is 2.80. The van der Waals surface area contributed by atoms with Crippen molar-refractivity contribution < 1.29 is 25.2 Å². The maximum Gasteiger partial charge on any atom is 0.310 e. The Morgan fingerprint density at radius 3 is 2.31 bits per heavy atom. The highest BCUT2D eigenvalue weighted by Crippen LogP contribution is 2.75. The largest absolute Gasteiger partial charge is 0.481 e. The van der Waals surface area contributed by atoms with Gasteiger partial charge in [0.25, 0.3) is 0 Å². The summed E-state index contributed by atoms with van der Waals surface area (Å²) < 4.78 is 0. The Hall–Kier alpha value is -0.910. The number of fused-ring (bicyclic) bond motifs is 7. The number of carbonyl (C=O) groups is 1. The fraction of sp³-hybridized carbons (Fsp3) is 0.900. The summed E-state index contributed by atoms with van der Waals surface area (Å²) in [6, 6.07) is 0. The molecule has 0 radical (unpaired) electrons. The first-order valence-corrected chi connectivity index (χ1v) is 14.1. The van der Waals surface area contributed by atoms with Gasteiger partial charge in [-0.15, -0.1) is 0 Å². The molecule has 3 unspecified atom stereocenters. The van der Waals surface area contributed by atoms with E-state index >= 15 is 0 Å². The summed E-state index contributed by atoms with van der Waals surface area (Å²) in [6.45, 7) is 13.6. The predicted molar refractivity (Wildman–Crippen MR) is 135 cm³/mol.